The second kappa shape index (κ2) is 15.9. The number of allylic oxidation sites excluding steroid dienone is 1. The lowest BCUT2D eigenvalue weighted by Gasteiger charge is -2.42. The molecule has 0 unspecified atom stereocenters. The number of rotatable bonds is 14. The minimum atomic E-state index is -1.99. The third kappa shape index (κ3) is 10.3. The van der Waals surface area contributed by atoms with Gasteiger partial charge in [0.2, 0.25) is 0 Å². The van der Waals surface area contributed by atoms with E-state index in [1.165, 1.54) is 11.1 Å². The quantitative estimate of drug-likeness (QED) is 0.157. The van der Waals surface area contributed by atoms with Crippen molar-refractivity contribution in [2.75, 3.05) is 20.3 Å². The lowest BCUT2D eigenvalue weighted by Crippen LogP contribution is -2.47. The fourth-order valence-electron chi connectivity index (χ4n) is 5.81. The number of benzene rings is 2. The van der Waals surface area contributed by atoms with Crippen molar-refractivity contribution in [3.8, 4) is 5.75 Å². The molecule has 3 rings (SSSR count). The van der Waals surface area contributed by atoms with Gasteiger partial charge in [-0.05, 0) is 61.0 Å². The third-order valence-corrected chi connectivity index (χ3v) is 13.8. The smallest absolute Gasteiger partial charge is 0.192 e. The summed E-state index contributed by atoms with van der Waals surface area (Å²) in [4.78, 5) is 0. The van der Waals surface area contributed by atoms with Crippen LogP contribution in [-0.4, -0.2) is 40.8 Å². The number of hydrogen-bond acceptors (Lipinski definition) is 5. The first-order chi connectivity index (χ1) is 20.2. The molecule has 0 aliphatic carbocycles. The highest BCUT2D eigenvalue weighted by Crippen LogP contribution is 2.40. The molecule has 0 bridgehead atoms. The van der Waals surface area contributed by atoms with Gasteiger partial charge >= 0.3 is 0 Å². The molecule has 0 spiro atoms. The van der Waals surface area contributed by atoms with Crippen LogP contribution in [0.4, 0.5) is 0 Å². The van der Waals surface area contributed by atoms with Crippen molar-refractivity contribution in [1.29, 1.82) is 0 Å². The zero-order chi connectivity index (χ0) is 31.8. The van der Waals surface area contributed by atoms with Crippen LogP contribution in [0.5, 0.6) is 5.75 Å². The van der Waals surface area contributed by atoms with Crippen molar-refractivity contribution in [3.63, 3.8) is 0 Å². The summed E-state index contributed by atoms with van der Waals surface area (Å²) in [5, 5.41) is 0.139. The van der Waals surface area contributed by atoms with E-state index in [1.54, 1.807) is 7.11 Å². The molecule has 43 heavy (non-hydrogen) atoms. The summed E-state index contributed by atoms with van der Waals surface area (Å²) >= 11 is 0. The van der Waals surface area contributed by atoms with E-state index in [2.05, 4.69) is 98.8 Å². The minimum absolute atomic E-state index is 0.0830. The van der Waals surface area contributed by atoms with E-state index in [-0.39, 0.29) is 35.4 Å². The fourth-order valence-corrected chi connectivity index (χ4v) is 7.29. The molecule has 7 atom stereocenters. The highest BCUT2D eigenvalue weighted by Gasteiger charge is 2.41. The second-order valence-electron chi connectivity index (χ2n) is 14.4. The van der Waals surface area contributed by atoms with Crippen LogP contribution in [-0.2, 0) is 25.2 Å². The maximum atomic E-state index is 7.11. The maximum Gasteiger partial charge on any atom is 0.192 e. The molecule has 1 aliphatic rings. The molecule has 240 valence electrons. The van der Waals surface area contributed by atoms with Crippen molar-refractivity contribution in [1.82, 2.24) is 0 Å². The van der Waals surface area contributed by atoms with E-state index >= 15 is 0 Å². The van der Waals surface area contributed by atoms with Gasteiger partial charge in [0.05, 0.1) is 39.1 Å². The van der Waals surface area contributed by atoms with E-state index in [9.17, 15) is 0 Å². The van der Waals surface area contributed by atoms with Crippen LogP contribution in [0, 0.1) is 23.7 Å². The SMILES string of the molecule is COc1ccc([C@@H]2OC[C@H](C)[C@H]([C@H](C)C/C(C)=C/[C@H](C)[C@@H](O[Si](C)(C)C(C)(C)C)[C@@H](C)COCc3ccccc3)O2)cc1. The topological polar surface area (TPSA) is 46.2 Å². The van der Waals surface area contributed by atoms with Gasteiger partial charge in [-0.15, -0.1) is 0 Å². The van der Waals surface area contributed by atoms with Gasteiger partial charge in [0.15, 0.2) is 14.6 Å². The summed E-state index contributed by atoms with van der Waals surface area (Å²) in [6, 6.07) is 18.4. The van der Waals surface area contributed by atoms with Crippen molar-refractivity contribution in [2.24, 2.45) is 23.7 Å². The summed E-state index contributed by atoms with van der Waals surface area (Å²) in [7, 11) is -0.307. The Labute approximate surface area is 263 Å². The Balaban J connectivity index is 1.68. The van der Waals surface area contributed by atoms with Gasteiger partial charge in [0.25, 0.3) is 0 Å². The zero-order valence-corrected chi connectivity index (χ0v) is 29.7. The van der Waals surface area contributed by atoms with E-state index in [1.807, 2.05) is 30.3 Å². The predicted octanol–water partition coefficient (Wildman–Crippen LogP) is 9.60. The fraction of sp³-hybridized carbons (Fsp3) is 0.622. The second-order valence-corrected chi connectivity index (χ2v) is 19.1. The third-order valence-electron chi connectivity index (χ3n) is 9.30. The molecule has 2 aromatic rings. The standard InChI is InChI=1S/C37H58O5Si/c1-26(21-27(2)34-30(5)24-40-36(41-34)32-17-19-33(38-9)20-18-32)22-28(3)35(42-43(10,11)37(6,7)8)29(4)23-39-25-31-15-13-12-14-16-31/h12-20,22,27-30,34-36H,21,23-25H2,1-11H3/b26-22+/t27-,28+,29+,30+,34+,35-,36-/m1/s1. The molecule has 2 aromatic carbocycles. The first-order valence-corrected chi connectivity index (χ1v) is 19.0. The van der Waals surface area contributed by atoms with Crippen LogP contribution < -0.4 is 4.74 Å². The summed E-state index contributed by atoms with van der Waals surface area (Å²) in [6.07, 6.45) is 3.26. The monoisotopic (exact) mass is 610 g/mol. The molecular formula is C37H58O5Si. The average Bonchev–Trinajstić information content (AvgIpc) is 2.96. The van der Waals surface area contributed by atoms with Gasteiger partial charge < -0.3 is 23.4 Å². The molecule has 0 radical (unpaired) electrons. The van der Waals surface area contributed by atoms with Gasteiger partial charge in [-0.3, -0.25) is 0 Å². The van der Waals surface area contributed by atoms with Crippen molar-refractivity contribution < 1.29 is 23.4 Å². The number of hydrogen-bond donors (Lipinski definition) is 0. The highest BCUT2D eigenvalue weighted by molar-refractivity contribution is 6.74. The average molecular weight is 611 g/mol. The first kappa shape index (κ1) is 35.5. The Kier molecular flexibility index (Phi) is 13.1. The lowest BCUT2D eigenvalue weighted by atomic mass is 9.86. The molecule has 1 fully saturated rings. The van der Waals surface area contributed by atoms with Crippen LogP contribution in [0.25, 0.3) is 0 Å². The summed E-state index contributed by atoms with van der Waals surface area (Å²) in [6.45, 7) is 25.0. The van der Waals surface area contributed by atoms with Gasteiger partial charge in [-0.1, -0.05) is 103 Å². The summed E-state index contributed by atoms with van der Waals surface area (Å²) in [5.74, 6) is 2.04. The van der Waals surface area contributed by atoms with Crippen LogP contribution in [0.1, 0.15) is 79.2 Å². The Morgan fingerprint density at radius 1 is 1.02 bits per heavy atom. The number of ether oxygens (including phenoxy) is 4. The maximum absolute atomic E-state index is 7.11. The van der Waals surface area contributed by atoms with E-state index in [0.29, 0.717) is 31.7 Å². The van der Waals surface area contributed by atoms with Gasteiger partial charge in [-0.2, -0.15) is 0 Å². The van der Waals surface area contributed by atoms with Crippen LogP contribution >= 0.6 is 0 Å². The van der Waals surface area contributed by atoms with Crippen molar-refractivity contribution in [2.45, 2.75) is 105 Å². The normalized spacial score (nSPS) is 23.0. The molecule has 0 amide bonds. The van der Waals surface area contributed by atoms with Gasteiger partial charge in [0.1, 0.15) is 5.75 Å². The van der Waals surface area contributed by atoms with Crippen LogP contribution in [0.3, 0.4) is 0 Å². The molecule has 0 aromatic heterocycles. The van der Waals surface area contributed by atoms with Gasteiger partial charge in [-0.25, -0.2) is 0 Å². The van der Waals surface area contributed by atoms with Crippen molar-refractivity contribution in [3.05, 3.63) is 77.4 Å². The van der Waals surface area contributed by atoms with E-state index in [4.69, 9.17) is 23.4 Å². The molecule has 1 aliphatic heterocycles. The van der Waals surface area contributed by atoms with E-state index in [0.717, 1.165) is 17.7 Å². The molecule has 0 N–H and O–H groups in total. The van der Waals surface area contributed by atoms with Gasteiger partial charge in [0, 0.05) is 17.4 Å². The molecule has 5 nitrogen and oxygen atoms in total. The molecule has 1 heterocycles. The minimum Gasteiger partial charge on any atom is -0.497 e. The summed E-state index contributed by atoms with van der Waals surface area (Å²) in [5.41, 5.74) is 3.61. The van der Waals surface area contributed by atoms with Crippen LogP contribution in [0.2, 0.25) is 18.1 Å². The first-order valence-electron chi connectivity index (χ1n) is 16.1. The lowest BCUT2D eigenvalue weighted by molar-refractivity contribution is -0.249. The van der Waals surface area contributed by atoms with Crippen molar-refractivity contribution >= 4 is 8.32 Å². The Hall–Kier alpha value is -1.96. The largest absolute Gasteiger partial charge is 0.497 e. The molecule has 0 saturated carbocycles. The molecule has 6 heteroatoms. The Morgan fingerprint density at radius 2 is 1.67 bits per heavy atom. The number of methoxy groups -OCH3 is 1. The zero-order valence-electron chi connectivity index (χ0n) is 28.7. The Morgan fingerprint density at radius 3 is 2.28 bits per heavy atom. The Bertz CT molecular complexity index is 1120. The summed E-state index contributed by atoms with van der Waals surface area (Å²) < 4.78 is 31.3. The van der Waals surface area contributed by atoms with E-state index < -0.39 is 8.32 Å². The molecule has 1 saturated heterocycles. The van der Waals surface area contributed by atoms with Crippen LogP contribution in [0.15, 0.2) is 66.2 Å². The predicted molar refractivity (Wildman–Crippen MR) is 180 cm³/mol. The highest BCUT2D eigenvalue weighted by atomic mass is 28.4. The molecular weight excluding hydrogens is 552 g/mol.